The number of nitrogens with one attached hydrogen (secondary N) is 1. The van der Waals surface area contributed by atoms with E-state index in [2.05, 4.69) is 10.1 Å². The molecule has 3 atom stereocenters. The van der Waals surface area contributed by atoms with Crippen LogP contribution in [0, 0.1) is 17.3 Å². The third kappa shape index (κ3) is 3.76. The summed E-state index contributed by atoms with van der Waals surface area (Å²) in [5.41, 5.74) is 4.77. The number of amides is 1. The van der Waals surface area contributed by atoms with Crippen molar-refractivity contribution in [2.75, 3.05) is 18.2 Å². The first kappa shape index (κ1) is 19.2. The molecule has 0 spiro atoms. The van der Waals surface area contributed by atoms with Crippen LogP contribution in [0.15, 0.2) is 24.3 Å². The van der Waals surface area contributed by atoms with Crippen LogP contribution in [-0.2, 0) is 23.9 Å². The summed E-state index contributed by atoms with van der Waals surface area (Å²) in [6.45, 7) is 0. The molecule has 0 aromatic heterocycles. The first-order valence-corrected chi connectivity index (χ1v) is 7.89. The highest BCUT2D eigenvalue weighted by Crippen LogP contribution is 2.50. The highest BCUT2D eigenvalue weighted by molar-refractivity contribution is 5.96. The molecule has 0 radical (unpaired) electrons. The number of anilines is 2. The average Bonchev–Trinajstić information content (AvgIpc) is 2.96. The minimum Gasteiger partial charge on any atom is -0.481 e. The van der Waals surface area contributed by atoms with Gasteiger partial charge in [-0.3, -0.25) is 19.2 Å². The molecule has 3 unspecified atom stereocenters. The third-order valence-corrected chi connectivity index (χ3v) is 4.70. The Kier molecular flexibility index (Phi) is 5.49. The Labute approximate surface area is 149 Å². The van der Waals surface area contributed by atoms with Gasteiger partial charge in [0.2, 0.25) is 5.91 Å². The van der Waals surface area contributed by atoms with Crippen LogP contribution >= 0.6 is 0 Å². The Balaban J connectivity index is 2.27. The topological polar surface area (TPSA) is 156 Å². The van der Waals surface area contributed by atoms with Crippen LogP contribution in [0.4, 0.5) is 11.4 Å². The maximum Gasteiger partial charge on any atom is 0.313 e. The summed E-state index contributed by atoms with van der Waals surface area (Å²) < 4.78 is 4.67. The fourth-order valence-electron chi connectivity index (χ4n) is 3.49. The van der Waals surface area contributed by atoms with E-state index in [1.807, 2.05) is 0 Å². The molecule has 140 valence electrons. The molecule has 1 fully saturated rings. The number of carboxylic acids is 2. The number of ether oxygens (including phenoxy) is 1. The first-order chi connectivity index (χ1) is 12.2. The second-order valence-corrected chi connectivity index (χ2v) is 6.36. The molecule has 1 saturated carbocycles. The number of benzene rings is 1. The zero-order chi connectivity index (χ0) is 19.5. The fourth-order valence-corrected chi connectivity index (χ4v) is 3.49. The molecule has 9 nitrogen and oxygen atoms in total. The van der Waals surface area contributed by atoms with Crippen molar-refractivity contribution in [1.29, 1.82) is 0 Å². The van der Waals surface area contributed by atoms with Crippen LogP contribution in [0.5, 0.6) is 0 Å². The van der Waals surface area contributed by atoms with Crippen molar-refractivity contribution >= 4 is 35.2 Å². The van der Waals surface area contributed by atoms with Gasteiger partial charge in [-0.25, -0.2) is 0 Å². The van der Waals surface area contributed by atoms with Crippen molar-refractivity contribution in [2.45, 2.75) is 19.3 Å². The Hall–Kier alpha value is -3.10. The molecule has 2 rings (SSSR count). The molecule has 1 aliphatic rings. The van der Waals surface area contributed by atoms with Gasteiger partial charge in [-0.1, -0.05) is 0 Å². The molecule has 1 aliphatic carbocycles. The first-order valence-electron chi connectivity index (χ1n) is 7.89. The van der Waals surface area contributed by atoms with E-state index in [0.717, 1.165) is 7.11 Å². The third-order valence-electron chi connectivity index (χ3n) is 4.70. The lowest BCUT2D eigenvalue weighted by molar-refractivity contribution is -0.167. The number of carboxylic acid groups (broad SMARTS) is 2. The number of esters is 1. The molecule has 1 aromatic rings. The quantitative estimate of drug-likeness (QED) is 0.429. The number of rotatable bonds is 6. The highest BCUT2D eigenvalue weighted by atomic mass is 16.5. The van der Waals surface area contributed by atoms with Crippen molar-refractivity contribution in [3.05, 3.63) is 24.3 Å². The minimum atomic E-state index is -1.78. The monoisotopic (exact) mass is 364 g/mol. The van der Waals surface area contributed by atoms with E-state index in [-0.39, 0.29) is 12.8 Å². The maximum absolute atomic E-state index is 12.5. The van der Waals surface area contributed by atoms with Crippen molar-refractivity contribution in [3.63, 3.8) is 0 Å². The van der Waals surface area contributed by atoms with Gasteiger partial charge in [0.05, 0.1) is 24.9 Å². The summed E-state index contributed by atoms with van der Waals surface area (Å²) >= 11 is 0. The van der Waals surface area contributed by atoms with E-state index >= 15 is 0 Å². The minimum absolute atomic E-state index is 0.154. The highest BCUT2D eigenvalue weighted by Gasteiger charge is 2.59. The Morgan fingerprint density at radius 1 is 1.23 bits per heavy atom. The number of carbonyl (C=O) groups excluding carboxylic acids is 2. The van der Waals surface area contributed by atoms with Crippen molar-refractivity contribution in [3.8, 4) is 0 Å². The van der Waals surface area contributed by atoms with E-state index in [1.165, 1.54) is 0 Å². The van der Waals surface area contributed by atoms with Crippen molar-refractivity contribution < 1.29 is 34.1 Å². The smallest absolute Gasteiger partial charge is 0.313 e. The molecule has 0 saturated heterocycles. The number of methoxy groups -OCH3 is 1. The zero-order valence-corrected chi connectivity index (χ0v) is 14.1. The van der Waals surface area contributed by atoms with Crippen LogP contribution in [0.2, 0.25) is 0 Å². The summed E-state index contributed by atoms with van der Waals surface area (Å²) in [7, 11) is 1.06. The molecule has 26 heavy (non-hydrogen) atoms. The van der Waals surface area contributed by atoms with Crippen LogP contribution in [0.25, 0.3) is 0 Å². The maximum atomic E-state index is 12.5. The Morgan fingerprint density at radius 3 is 2.35 bits per heavy atom. The number of nitrogen functional groups attached to an aromatic ring is 1. The van der Waals surface area contributed by atoms with Gasteiger partial charge >= 0.3 is 17.9 Å². The molecular weight excluding hydrogens is 344 g/mol. The van der Waals surface area contributed by atoms with Gasteiger partial charge < -0.3 is 26.0 Å². The molecule has 1 aromatic carbocycles. The molecule has 0 bridgehead atoms. The van der Waals surface area contributed by atoms with Crippen molar-refractivity contribution in [2.24, 2.45) is 17.3 Å². The number of hydrogen-bond acceptors (Lipinski definition) is 6. The number of nitrogens with two attached hydrogens (primary N) is 1. The fraction of sp³-hybridized carbons (Fsp3) is 0.412. The molecule has 0 heterocycles. The summed E-state index contributed by atoms with van der Waals surface area (Å²) in [5, 5.41) is 21.3. The van der Waals surface area contributed by atoms with E-state index in [9.17, 15) is 24.3 Å². The number of hydrogen-bond donors (Lipinski definition) is 4. The van der Waals surface area contributed by atoms with Crippen LogP contribution in [0.1, 0.15) is 19.3 Å². The van der Waals surface area contributed by atoms with Gasteiger partial charge in [0, 0.05) is 17.3 Å². The molecule has 9 heteroatoms. The zero-order valence-electron chi connectivity index (χ0n) is 14.1. The van der Waals surface area contributed by atoms with Gasteiger partial charge in [0.1, 0.15) is 0 Å². The van der Waals surface area contributed by atoms with Gasteiger partial charge in [-0.2, -0.15) is 0 Å². The predicted molar refractivity (Wildman–Crippen MR) is 90.0 cm³/mol. The Bertz CT molecular complexity index is 731. The lowest BCUT2D eigenvalue weighted by Crippen LogP contribution is -2.41. The standard InChI is InChI=1S/C17H20N2O7/c1-26-16(25)17(8-13(20)21)7-9(6-12(17)15(23)24)14(22)19-11-4-2-10(18)3-5-11/h2-5,9,12H,6-8,18H2,1H3,(H,19,22)(H,20,21)(H,23,24). The van der Waals surface area contributed by atoms with Crippen LogP contribution in [-0.4, -0.2) is 41.1 Å². The number of carbonyl (C=O) groups is 4. The summed E-state index contributed by atoms with van der Waals surface area (Å²) in [5.74, 6) is -6.26. The molecule has 5 N–H and O–H groups in total. The van der Waals surface area contributed by atoms with Crippen molar-refractivity contribution in [1.82, 2.24) is 0 Å². The lowest BCUT2D eigenvalue weighted by Gasteiger charge is -2.28. The van der Waals surface area contributed by atoms with E-state index in [4.69, 9.17) is 10.8 Å². The number of aliphatic carboxylic acids is 2. The van der Waals surface area contributed by atoms with Crippen LogP contribution < -0.4 is 11.1 Å². The molecular formula is C17H20N2O7. The second-order valence-electron chi connectivity index (χ2n) is 6.36. The molecule has 0 aliphatic heterocycles. The lowest BCUT2D eigenvalue weighted by atomic mass is 9.74. The van der Waals surface area contributed by atoms with Gasteiger partial charge in [-0.15, -0.1) is 0 Å². The molecule has 1 amide bonds. The predicted octanol–water partition coefficient (Wildman–Crippen LogP) is 0.952. The van der Waals surface area contributed by atoms with E-state index < -0.39 is 47.5 Å². The summed E-state index contributed by atoms with van der Waals surface area (Å²) in [4.78, 5) is 47.6. The summed E-state index contributed by atoms with van der Waals surface area (Å²) in [6.07, 6.45) is -1.09. The van der Waals surface area contributed by atoms with Crippen LogP contribution in [0.3, 0.4) is 0 Å². The average molecular weight is 364 g/mol. The Morgan fingerprint density at radius 2 is 1.85 bits per heavy atom. The normalized spacial score (nSPS) is 24.7. The second kappa shape index (κ2) is 7.42. The SMILES string of the molecule is COC(=O)C1(CC(=O)O)CC(C(=O)Nc2ccc(N)cc2)CC1C(=O)O. The largest absolute Gasteiger partial charge is 0.481 e. The van der Waals surface area contributed by atoms with Gasteiger partial charge in [0.25, 0.3) is 0 Å². The van der Waals surface area contributed by atoms with E-state index in [0.29, 0.717) is 11.4 Å². The van der Waals surface area contributed by atoms with Gasteiger partial charge in [0.15, 0.2) is 0 Å². The van der Waals surface area contributed by atoms with E-state index in [1.54, 1.807) is 24.3 Å². The van der Waals surface area contributed by atoms with Gasteiger partial charge in [-0.05, 0) is 37.1 Å². The summed E-state index contributed by atoms with van der Waals surface area (Å²) in [6, 6.07) is 6.35.